The van der Waals surface area contributed by atoms with Crippen LogP contribution in [-0.2, 0) is 0 Å². The van der Waals surface area contributed by atoms with Gasteiger partial charge in [-0.05, 0) is 37.1 Å². The van der Waals surface area contributed by atoms with Gasteiger partial charge in [0, 0.05) is 23.8 Å². The number of anilines is 1. The summed E-state index contributed by atoms with van der Waals surface area (Å²) in [7, 11) is 0. The van der Waals surface area contributed by atoms with Crippen LogP contribution in [0.25, 0.3) is 0 Å². The molecule has 0 radical (unpaired) electrons. The normalized spacial score (nSPS) is 21.6. The van der Waals surface area contributed by atoms with Crippen molar-refractivity contribution in [3.8, 4) is 0 Å². The molecule has 0 aliphatic carbocycles. The lowest BCUT2D eigenvalue weighted by atomic mass is 10.1. The molecule has 2 nitrogen and oxygen atoms in total. The van der Waals surface area contributed by atoms with Gasteiger partial charge < -0.3 is 10.6 Å². The molecule has 1 aromatic carbocycles. The van der Waals surface area contributed by atoms with Gasteiger partial charge in [0.05, 0.1) is 0 Å². The summed E-state index contributed by atoms with van der Waals surface area (Å²) in [4.78, 5) is 2.35. The van der Waals surface area contributed by atoms with E-state index in [1.54, 1.807) is 0 Å². The molecule has 0 saturated carbocycles. The van der Waals surface area contributed by atoms with Crippen LogP contribution < -0.4 is 10.6 Å². The quantitative estimate of drug-likeness (QED) is 0.811. The van der Waals surface area contributed by atoms with Crippen LogP contribution >= 0.6 is 11.6 Å². The number of hydrogen-bond acceptors (Lipinski definition) is 2. The first kappa shape index (κ1) is 9.81. The van der Waals surface area contributed by atoms with Gasteiger partial charge in [-0.3, -0.25) is 0 Å². The van der Waals surface area contributed by atoms with Crippen molar-refractivity contribution in [2.75, 3.05) is 24.5 Å². The monoisotopic (exact) mass is 210 g/mol. The molecule has 2 rings (SSSR count). The number of benzene rings is 1. The van der Waals surface area contributed by atoms with Crippen molar-refractivity contribution in [1.82, 2.24) is 0 Å². The maximum absolute atomic E-state index is 5.94. The summed E-state index contributed by atoms with van der Waals surface area (Å²) in [6, 6.07) is 8.01. The van der Waals surface area contributed by atoms with E-state index in [0.29, 0.717) is 5.92 Å². The highest BCUT2D eigenvalue weighted by Gasteiger charge is 2.21. The minimum absolute atomic E-state index is 0.647. The first-order valence-corrected chi connectivity index (χ1v) is 5.38. The fourth-order valence-corrected chi connectivity index (χ4v) is 2.12. The van der Waals surface area contributed by atoms with Gasteiger partial charge in [-0.25, -0.2) is 0 Å². The van der Waals surface area contributed by atoms with Crippen molar-refractivity contribution in [3.05, 3.63) is 29.3 Å². The highest BCUT2D eigenvalue weighted by Crippen LogP contribution is 2.25. The van der Waals surface area contributed by atoms with Gasteiger partial charge in [0.15, 0.2) is 0 Å². The zero-order valence-corrected chi connectivity index (χ0v) is 8.87. The van der Waals surface area contributed by atoms with Crippen molar-refractivity contribution in [2.45, 2.75) is 6.42 Å². The Morgan fingerprint density at radius 1 is 1.50 bits per heavy atom. The first-order valence-electron chi connectivity index (χ1n) is 5.00. The third-order valence-electron chi connectivity index (χ3n) is 2.79. The van der Waals surface area contributed by atoms with E-state index in [0.717, 1.165) is 24.7 Å². The van der Waals surface area contributed by atoms with Gasteiger partial charge in [0.25, 0.3) is 0 Å². The molecular formula is C11H15ClN2. The summed E-state index contributed by atoms with van der Waals surface area (Å²) in [6.07, 6.45) is 1.20. The van der Waals surface area contributed by atoms with E-state index in [-0.39, 0.29) is 0 Å². The minimum Gasteiger partial charge on any atom is -0.371 e. The molecule has 1 aromatic rings. The second kappa shape index (κ2) is 4.20. The molecule has 1 fully saturated rings. The summed E-state index contributed by atoms with van der Waals surface area (Å²) >= 11 is 5.94. The maximum Gasteiger partial charge on any atom is 0.0426 e. The average molecular weight is 211 g/mol. The summed E-state index contributed by atoms with van der Waals surface area (Å²) in [5.74, 6) is 0.647. The van der Waals surface area contributed by atoms with Crippen LogP contribution in [0.2, 0.25) is 5.02 Å². The van der Waals surface area contributed by atoms with Crippen LogP contribution in [0.4, 0.5) is 5.69 Å². The molecule has 1 aliphatic rings. The van der Waals surface area contributed by atoms with Gasteiger partial charge >= 0.3 is 0 Å². The fraction of sp³-hybridized carbons (Fsp3) is 0.455. The van der Waals surface area contributed by atoms with Crippen LogP contribution in [0.15, 0.2) is 24.3 Å². The second-order valence-corrected chi connectivity index (χ2v) is 4.25. The largest absolute Gasteiger partial charge is 0.371 e. The second-order valence-electron chi connectivity index (χ2n) is 3.82. The van der Waals surface area contributed by atoms with Crippen LogP contribution in [-0.4, -0.2) is 19.6 Å². The van der Waals surface area contributed by atoms with Crippen LogP contribution in [0.1, 0.15) is 6.42 Å². The maximum atomic E-state index is 5.94. The molecule has 1 heterocycles. The van der Waals surface area contributed by atoms with Crippen molar-refractivity contribution in [2.24, 2.45) is 11.7 Å². The molecule has 1 atom stereocenters. The lowest BCUT2D eigenvalue weighted by molar-refractivity contribution is 0.602. The molecule has 14 heavy (non-hydrogen) atoms. The molecule has 76 valence electrons. The third kappa shape index (κ3) is 2.02. The third-order valence-corrected chi connectivity index (χ3v) is 3.03. The van der Waals surface area contributed by atoms with E-state index in [4.69, 9.17) is 17.3 Å². The Bertz CT molecular complexity index is 314. The van der Waals surface area contributed by atoms with Crippen LogP contribution in [0, 0.1) is 5.92 Å². The standard InChI is InChI=1S/C11H15ClN2/c12-10-2-1-3-11(6-10)14-5-4-9(7-13)8-14/h1-3,6,9H,4-5,7-8,13H2/t9-/m1/s1. The van der Waals surface area contributed by atoms with Crippen molar-refractivity contribution < 1.29 is 0 Å². The van der Waals surface area contributed by atoms with Crippen LogP contribution in [0.5, 0.6) is 0 Å². The molecule has 3 heteroatoms. The predicted molar refractivity (Wildman–Crippen MR) is 60.8 cm³/mol. The molecule has 0 aromatic heterocycles. The zero-order valence-electron chi connectivity index (χ0n) is 8.12. The molecular weight excluding hydrogens is 196 g/mol. The van der Waals surface area contributed by atoms with E-state index in [9.17, 15) is 0 Å². The van der Waals surface area contributed by atoms with Gasteiger partial charge in [-0.2, -0.15) is 0 Å². The first-order chi connectivity index (χ1) is 6.79. The van der Waals surface area contributed by atoms with E-state index in [2.05, 4.69) is 11.0 Å². The molecule has 1 aliphatic heterocycles. The van der Waals surface area contributed by atoms with Gasteiger partial charge in [-0.15, -0.1) is 0 Å². The summed E-state index contributed by atoms with van der Waals surface area (Å²) in [5, 5.41) is 0.804. The highest BCUT2D eigenvalue weighted by molar-refractivity contribution is 6.30. The number of rotatable bonds is 2. The Kier molecular flexibility index (Phi) is 2.94. The van der Waals surface area contributed by atoms with Crippen molar-refractivity contribution in [3.63, 3.8) is 0 Å². The number of hydrogen-bond donors (Lipinski definition) is 1. The Morgan fingerprint density at radius 2 is 2.36 bits per heavy atom. The Hall–Kier alpha value is -0.730. The Balaban J connectivity index is 2.09. The lowest BCUT2D eigenvalue weighted by Crippen LogP contribution is -2.22. The number of nitrogens with two attached hydrogens (primary N) is 1. The minimum atomic E-state index is 0.647. The Labute approximate surface area is 89.7 Å². The van der Waals surface area contributed by atoms with Gasteiger partial charge in [-0.1, -0.05) is 17.7 Å². The van der Waals surface area contributed by atoms with Gasteiger partial charge in [0.2, 0.25) is 0 Å². The lowest BCUT2D eigenvalue weighted by Gasteiger charge is -2.18. The van der Waals surface area contributed by atoms with E-state index >= 15 is 0 Å². The molecule has 0 spiro atoms. The van der Waals surface area contributed by atoms with Crippen LogP contribution in [0.3, 0.4) is 0 Å². The van der Waals surface area contributed by atoms with Crippen molar-refractivity contribution in [1.29, 1.82) is 0 Å². The smallest absolute Gasteiger partial charge is 0.0426 e. The number of halogens is 1. The predicted octanol–water partition coefficient (Wildman–Crippen LogP) is 2.12. The zero-order chi connectivity index (χ0) is 9.97. The van der Waals surface area contributed by atoms with Crippen molar-refractivity contribution >= 4 is 17.3 Å². The topological polar surface area (TPSA) is 29.3 Å². The summed E-state index contributed by atoms with van der Waals surface area (Å²) < 4.78 is 0. The molecule has 0 amide bonds. The van der Waals surface area contributed by atoms with E-state index in [1.165, 1.54) is 12.1 Å². The fourth-order valence-electron chi connectivity index (χ4n) is 1.93. The highest BCUT2D eigenvalue weighted by atomic mass is 35.5. The van der Waals surface area contributed by atoms with Gasteiger partial charge in [0.1, 0.15) is 0 Å². The molecule has 0 unspecified atom stereocenters. The SMILES string of the molecule is NC[C@H]1CCN(c2cccc(Cl)c2)C1. The summed E-state index contributed by atoms with van der Waals surface area (Å²) in [6.45, 7) is 2.95. The summed E-state index contributed by atoms with van der Waals surface area (Å²) in [5.41, 5.74) is 6.87. The molecule has 2 N–H and O–H groups in total. The molecule has 1 saturated heterocycles. The van der Waals surface area contributed by atoms with E-state index in [1.807, 2.05) is 18.2 Å². The van der Waals surface area contributed by atoms with E-state index < -0.39 is 0 Å². The average Bonchev–Trinajstić information content (AvgIpc) is 2.66. The molecule has 0 bridgehead atoms. The Morgan fingerprint density at radius 3 is 3.00 bits per heavy atom. The number of nitrogens with zero attached hydrogens (tertiary/aromatic N) is 1.